The second kappa shape index (κ2) is 5.85. The van der Waals surface area contributed by atoms with E-state index in [2.05, 4.69) is 11.1 Å². The maximum Gasteiger partial charge on any atom is 0.123 e. The summed E-state index contributed by atoms with van der Waals surface area (Å²) < 4.78 is 13.1. The summed E-state index contributed by atoms with van der Waals surface area (Å²) in [5.41, 5.74) is 3.30. The number of aryl methyl sites for hydroxylation is 2. The molecule has 4 heteroatoms. The largest absolute Gasteiger partial charge is 0.245 e. The van der Waals surface area contributed by atoms with E-state index in [4.69, 9.17) is 5.26 Å². The van der Waals surface area contributed by atoms with Crippen molar-refractivity contribution < 1.29 is 4.39 Å². The molecule has 1 heterocycles. The lowest BCUT2D eigenvalue weighted by Gasteiger charge is -2.07. The molecule has 0 aliphatic heterocycles. The number of rotatable bonds is 3. The molecule has 0 aliphatic rings. The number of pyridine rings is 1. The minimum atomic E-state index is -0.244. The van der Waals surface area contributed by atoms with Crippen LogP contribution in [0.3, 0.4) is 0 Å². The standard InChI is InChI=1S/C15H13FN2S/c1-10-6-11(2)18-15(14(10)8-17)19-9-12-4-3-5-13(16)7-12/h3-7H,9H2,1-2H3. The minimum Gasteiger partial charge on any atom is -0.245 e. The SMILES string of the molecule is Cc1cc(C)c(C#N)c(SCc2cccc(F)c2)n1. The Balaban J connectivity index is 2.22. The van der Waals surface area contributed by atoms with Crippen LogP contribution < -0.4 is 0 Å². The van der Waals surface area contributed by atoms with E-state index in [9.17, 15) is 4.39 Å². The van der Waals surface area contributed by atoms with Crippen molar-refractivity contribution in [2.45, 2.75) is 24.6 Å². The topological polar surface area (TPSA) is 36.7 Å². The van der Waals surface area contributed by atoms with E-state index in [0.29, 0.717) is 16.3 Å². The van der Waals surface area contributed by atoms with E-state index in [1.165, 1.54) is 23.9 Å². The van der Waals surface area contributed by atoms with Crippen LogP contribution in [-0.2, 0) is 5.75 Å². The molecular weight excluding hydrogens is 259 g/mol. The quantitative estimate of drug-likeness (QED) is 0.792. The average molecular weight is 272 g/mol. The minimum absolute atomic E-state index is 0.244. The number of benzene rings is 1. The molecule has 0 radical (unpaired) electrons. The van der Waals surface area contributed by atoms with Gasteiger partial charge in [0.15, 0.2) is 0 Å². The van der Waals surface area contributed by atoms with Crippen molar-refractivity contribution >= 4 is 11.8 Å². The second-order valence-corrected chi connectivity index (χ2v) is 5.26. The number of hydrogen-bond donors (Lipinski definition) is 0. The fourth-order valence-electron chi connectivity index (χ4n) is 1.82. The van der Waals surface area contributed by atoms with Crippen molar-refractivity contribution in [3.63, 3.8) is 0 Å². The molecule has 96 valence electrons. The van der Waals surface area contributed by atoms with Crippen LogP contribution in [-0.4, -0.2) is 4.98 Å². The van der Waals surface area contributed by atoms with Gasteiger partial charge in [-0.1, -0.05) is 12.1 Å². The van der Waals surface area contributed by atoms with E-state index in [0.717, 1.165) is 16.8 Å². The van der Waals surface area contributed by atoms with Crippen molar-refractivity contribution in [2.24, 2.45) is 0 Å². The van der Waals surface area contributed by atoms with E-state index >= 15 is 0 Å². The molecule has 0 aliphatic carbocycles. The number of halogens is 1. The molecule has 0 saturated heterocycles. The van der Waals surface area contributed by atoms with Crippen LogP contribution in [0.4, 0.5) is 4.39 Å². The highest BCUT2D eigenvalue weighted by Crippen LogP contribution is 2.26. The lowest BCUT2D eigenvalue weighted by atomic mass is 10.1. The Kier molecular flexibility index (Phi) is 4.18. The zero-order chi connectivity index (χ0) is 13.8. The third-order valence-electron chi connectivity index (χ3n) is 2.69. The fraction of sp³-hybridized carbons (Fsp3) is 0.200. The smallest absolute Gasteiger partial charge is 0.123 e. The zero-order valence-corrected chi connectivity index (χ0v) is 11.6. The monoisotopic (exact) mass is 272 g/mol. The predicted octanol–water partition coefficient (Wildman–Crippen LogP) is 4.00. The number of aromatic nitrogens is 1. The number of thioether (sulfide) groups is 1. The van der Waals surface area contributed by atoms with Gasteiger partial charge in [-0.15, -0.1) is 11.8 Å². The highest BCUT2D eigenvalue weighted by molar-refractivity contribution is 7.98. The maximum absolute atomic E-state index is 13.1. The molecule has 0 saturated carbocycles. The Morgan fingerprint density at radius 1 is 1.32 bits per heavy atom. The van der Waals surface area contributed by atoms with Crippen LogP contribution in [0.25, 0.3) is 0 Å². The van der Waals surface area contributed by atoms with Gasteiger partial charge < -0.3 is 0 Å². The number of hydrogen-bond acceptors (Lipinski definition) is 3. The molecule has 0 fully saturated rings. The summed E-state index contributed by atoms with van der Waals surface area (Å²) in [6.07, 6.45) is 0. The average Bonchev–Trinajstić information content (AvgIpc) is 2.36. The molecule has 0 atom stereocenters. The third-order valence-corrected chi connectivity index (χ3v) is 3.73. The van der Waals surface area contributed by atoms with Gasteiger partial charge in [-0.25, -0.2) is 9.37 Å². The first-order valence-electron chi connectivity index (χ1n) is 5.85. The number of nitriles is 1. The van der Waals surface area contributed by atoms with Gasteiger partial charge in [-0.3, -0.25) is 0 Å². The van der Waals surface area contributed by atoms with E-state index < -0.39 is 0 Å². The molecule has 0 N–H and O–H groups in total. The normalized spacial score (nSPS) is 10.2. The Morgan fingerprint density at radius 2 is 2.11 bits per heavy atom. The Hall–Kier alpha value is -1.86. The van der Waals surface area contributed by atoms with Gasteiger partial charge in [0.05, 0.1) is 5.56 Å². The summed E-state index contributed by atoms with van der Waals surface area (Å²) in [6.45, 7) is 3.81. The van der Waals surface area contributed by atoms with Gasteiger partial charge in [0.2, 0.25) is 0 Å². The second-order valence-electron chi connectivity index (χ2n) is 4.29. The Labute approximate surface area is 116 Å². The summed E-state index contributed by atoms with van der Waals surface area (Å²) >= 11 is 1.46. The molecule has 2 aromatic rings. The van der Waals surface area contributed by atoms with Crippen molar-refractivity contribution in [2.75, 3.05) is 0 Å². The van der Waals surface area contributed by atoms with Gasteiger partial charge >= 0.3 is 0 Å². The summed E-state index contributed by atoms with van der Waals surface area (Å²) in [4.78, 5) is 4.39. The van der Waals surface area contributed by atoms with Crippen molar-refractivity contribution in [1.82, 2.24) is 4.98 Å². The molecule has 19 heavy (non-hydrogen) atoms. The summed E-state index contributed by atoms with van der Waals surface area (Å²) in [7, 11) is 0. The van der Waals surface area contributed by atoms with Gasteiger partial charge in [0, 0.05) is 11.4 Å². The van der Waals surface area contributed by atoms with E-state index in [1.807, 2.05) is 26.0 Å². The molecule has 0 spiro atoms. The van der Waals surface area contributed by atoms with Gasteiger partial charge in [0.1, 0.15) is 16.9 Å². The van der Waals surface area contributed by atoms with Crippen molar-refractivity contribution in [3.8, 4) is 6.07 Å². The third kappa shape index (κ3) is 3.33. The first-order chi connectivity index (χ1) is 9.10. The van der Waals surface area contributed by atoms with Crippen LogP contribution in [0.5, 0.6) is 0 Å². The van der Waals surface area contributed by atoms with Crippen LogP contribution in [0.2, 0.25) is 0 Å². The van der Waals surface area contributed by atoms with Crippen LogP contribution in [0.15, 0.2) is 35.4 Å². The van der Waals surface area contributed by atoms with Crippen LogP contribution in [0.1, 0.15) is 22.4 Å². The molecule has 1 aromatic carbocycles. The highest BCUT2D eigenvalue weighted by atomic mass is 32.2. The van der Waals surface area contributed by atoms with Crippen LogP contribution in [0, 0.1) is 31.0 Å². The van der Waals surface area contributed by atoms with Gasteiger partial charge in [0.25, 0.3) is 0 Å². The molecular formula is C15H13FN2S. The van der Waals surface area contributed by atoms with Crippen molar-refractivity contribution in [3.05, 3.63) is 58.5 Å². The first-order valence-corrected chi connectivity index (χ1v) is 6.84. The summed E-state index contributed by atoms with van der Waals surface area (Å²) in [5.74, 6) is 0.356. The summed E-state index contributed by atoms with van der Waals surface area (Å²) in [6, 6.07) is 10.5. The lowest BCUT2D eigenvalue weighted by Crippen LogP contribution is -1.94. The van der Waals surface area contributed by atoms with Gasteiger partial charge in [-0.2, -0.15) is 5.26 Å². The summed E-state index contributed by atoms with van der Waals surface area (Å²) in [5, 5.41) is 9.88. The Morgan fingerprint density at radius 3 is 2.79 bits per heavy atom. The first kappa shape index (κ1) is 13.6. The van der Waals surface area contributed by atoms with E-state index in [1.54, 1.807) is 6.07 Å². The molecule has 1 aromatic heterocycles. The fourth-order valence-corrected chi connectivity index (χ4v) is 2.86. The Bertz CT molecular complexity index is 647. The molecule has 0 unspecified atom stereocenters. The van der Waals surface area contributed by atoms with E-state index in [-0.39, 0.29) is 5.82 Å². The molecule has 0 bridgehead atoms. The lowest BCUT2D eigenvalue weighted by molar-refractivity contribution is 0.626. The molecule has 0 amide bonds. The molecule has 2 nitrogen and oxygen atoms in total. The zero-order valence-electron chi connectivity index (χ0n) is 10.8. The highest BCUT2D eigenvalue weighted by Gasteiger charge is 2.09. The van der Waals surface area contributed by atoms with Gasteiger partial charge in [-0.05, 0) is 43.2 Å². The predicted molar refractivity (Wildman–Crippen MR) is 74.4 cm³/mol. The van der Waals surface area contributed by atoms with Crippen molar-refractivity contribution in [1.29, 1.82) is 5.26 Å². The van der Waals surface area contributed by atoms with Crippen LogP contribution >= 0.6 is 11.8 Å². The maximum atomic E-state index is 13.1. The number of nitrogens with zero attached hydrogens (tertiary/aromatic N) is 2. The molecule has 2 rings (SSSR count).